The molecule has 1 N–H and O–H groups in total. The summed E-state index contributed by atoms with van der Waals surface area (Å²) >= 11 is 0. The quantitative estimate of drug-likeness (QED) is 0.727. The number of nitrogens with one attached hydrogen (secondary N) is 1. The van der Waals surface area contributed by atoms with E-state index in [1.807, 2.05) is 73.7 Å². The van der Waals surface area contributed by atoms with Gasteiger partial charge in [0.2, 0.25) is 5.88 Å². The smallest absolute Gasteiger partial charge is 0.216 e. The molecule has 0 saturated carbocycles. The third kappa shape index (κ3) is 3.84. The van der Waals surface area contributed by atoms with E-state index < -0.39 is 0 Å². The van der Waals surface area contributed by atoms with Crippen LogP contribution < -0.4 is 15.0 Å². The van der Waals surface area contributed by atoms with Crippen molar-refractivity contribution in [2.24, 2.45) is 0 Å². The van der Waals surface area contributed by atoms with Crippen LogP contribution in [0.15, 0.2) is 85.0 Å². The third-order valence-corrected chi connectivity index (χ3v) is 3.85. The molecule has 0 bridgehead atoms. The highest BCUT2D eigenvalue weighted by molar-refractivity contribution is 5.35. The molecule has 2 heterocycles. The molecule has 2 aromatic carbocycles. The van der Waals surface area contributed by atoms with Crippen molar-refractivity contribution in [3.63, 3.8) is 0 Å². The molecule has 5 nitrogen and oxygen atoms in total. The van der Waals surface area contributed by atoms with Crippen LogP contribution in [-0.2, 0) is 4.84 Å². The first-order chi connectivity index (χ1) is 12.8. The second-order valence-corrected chi connectivity index (χ2v) is 5.96. The van der Waals surface area contributed by atoms with Crippen molar-refractivity contribution in [2.45, 2.75) is 13.0 Å². The first-order valence-electron chi connectivity index (χ1n) is 8.32. The summed E-state index contributed by atoms with van der Waals surface area (Å²) < 4.78 is 11.6. The molecular weight excluding hydrogens is 328 g/mol. The Morgan fingerprint density at radius 1 is 0.885 bits per heavy atom. The van der Waals surface area contributed by atoms with Gasteiger partial charge in [-0.3, -0.25) is 9.82 Å². The molecule has 26 heavy (non-hydrogen) atoms. The van der Waals surface area contributed by atoms with E-state index in [4.69, 9.17) is 14.3 Å². The van der Waals surface area contributed by atoms with Crippen LogP contribution in [0.1, 0.15) is 17.2 Å². The summed E-state index contributed by atoms with van der Waals surface area (Å²) in [6, 6.07) is 19.4. The number of aromatic nitrogens is 1. The van der Waals surface area contributed by atoms with Crippen molar-refractivity contribution in [3.8, 4) is 17.2 Å². The molecule has 1 aromatic heterocycles. The summed E-state index contributed by atoms with van der Waals surface area (Å²) in [7, 11) is 0. The van der Waals surface area contributed by atoms with E-state index in [9.17, 15) is 0 Å². The Bertz CT molecular complexity index is 908. The summed E-state index contributed by atoms with van der Waals surface area (Å²) in [6.07, 6.45) is 5.10. The highest BCUT2D eigenvalue weighted by Gasteiger charge is 2.20. The van der Waals surface area contributed by atoms with Gasteiger partial charge in [0.25, 0.3) is 0 Å². The first-order valence-corrected chi connectivity index (χ1v) is 8.32. The van der Waals surface area contributed by atoms with E-state index in [1.165, 1.54) is 0 Å². The zero-order valence-corrected chi connectivity index (χ0v) is 14.3. The zero-order valence-electron chi connectivity index (χ0n) is 14.3. The Labute approximate surface area is 151 Å². The van der Waals surface area contributed by atoms with Crippen molar-refractivity contribution in [2.75, 3.05) is 0 Å². The van der Waals surface area contributed by atoms with Crippen molar-refractivity contribution >= 4 is 0 Å². The molecule has 0 fully saturated rings. The number of pyridine rings is 1. The minimum Gasteiger partial charge on any atom is -0.457 e. The standard InChI is InChI=1S/C21H18N2O3/c1-15-11-19(14-22-13-15)25-21-12-20(26-23-21)16-7-9-18(10-8-16)24-17-5-3-2-4-6-17/h2-14,20,23H,1H3/t20-/m1/s1. The molecule has 0 aliphatic carbocycles. The predicted octanol–water partition coefficient (Wildman–Crippen LogP) is 4.68. The van der Waals surface area contributed by atoms with Crippen molar-refractivity contribution in [3.05, 3.63) is 96.1 Å². The average Bonchev–Trinajstić information content (AvgIpc) is 3.12. The van der Waals surface area contributed by atoms with Crippen LogP contribution in [0.2, 0.25) is 0 Å². The lowest BCUT2D eigenvalue weighted by molar-refractivity contribution is 0.0273. The molecule has 1 aliphatic heterocycles. The molecule has 1 aliphatic rings. The van der Waals surface area contributed by atoms with Gasteiger partial charge in [-0.25, -0.2) is 5.48 Å². The fourth-order valence-corrected chi connectivity index (χ4v) is 2.61. The van der Waals surface area contributed by atoms with Gasteiger partial charge in [-0.05, 0) is 48.4 Å². The van der Waals surface area contributed by atoms with Crippen molar-refractivity contribution < 1.29 is 14.3 Å². The van der Waals surface area contributed by atoms with Gasteiger partial charge in [-0.1, -0.05) is 30.3 Å². The summed E-state index contributed by atoms with van der Waals surface area (Å²) in [5.74, 6) is 2.80. The SMILES string of the molecule is Cc1cncc(OC2=C[C@H](c3ccc(Oc4ccccc4)cc3)ON2)c1. The fraction of sp³-hybridized carbons (Fsp3) is 0.0952. The maximum absolute atomic E-state index is 5.80. The summed E-state index contributed by atoms with van der Waals surface area (Å²) in [5, 5.41) is 0. The Hall–Kier alpha value is -3.31. The number of aryl methyl sites for hydroxylation is 1. The van der Waals surface area contributed by atoms with Crippen LogP contribution in [0.3, 0.4) is 0 Å². The molecule has 0 amide bonds. The van der Waals surface area contributed by atoms with E-state index >= 15 is 0 Å². The summed E-state index contributed by atoms with van der Waals surface area (Å²) in [6.45, 7) is 1.97. The topological polar surface area (TPSA) is 52.6 Å². The maximum Gasteiger partial charge on any atom is 0.216 e. The molecule has 0 spiro atoms. The lowest BCUT2D eigenvalue weighted by Gasteiger charge is -2.09. The van der Waals surface area contributed by atoms with Gasteiger partial charge >= 0.3 is 0 Å². The van der Waals surface area contributed by atoms with Crippen LogP contribution in [0.4, 0.5) is 0 Å². The van der Waals surface area contributed by atoms with Crippen LogP contribution >= 0.6 is 0 Å². The van der Waals surface area contributed by atoms with Crippen LogP contribution in [0, 0.1) is 6.92 Å². The Morgan fingerprint density at radius 2 is 1.65 bits per heavy atom. The Morgan fingerprint density at radius 3 is 2.42 bits per heavy atom. The molecule has 0 unspecified atom stereocenters. The molecule has 0 saturated heterocycles. The molecule has 5 heteroatoms. The van der Waals surface area contributed by atoms with Gasteiger partial charge in [0.1, 0.15) is 23.4 Å². The molecule has 130 valence electrons. The number of ether oxygens (including phenoxy) is 2. The van der Waals surface area contributed by atoms with E-state index in [-0.39, 0.29) is 6.10 Å². The van der Waals surface area contributed by atoms with E-state index in [2.05, 4.69) is 10.5 Å². The van der Waals surface area contributed by atoms with Gasteiger partial charge in [0.15, 0.2) is 0 Å². The maximum atomic E-state index is 5.80. The van der Waals surface area contributed by atoms with Crippen LogP contribution in [-0.4, -0.2) is 4.98 Å². The van der Waals surface area contributed by atoms with E-state index in [0.29, 0.717) is 11.6 Å². The van der Waals surface area contributed by atoms with Crippen LogP contribution in [0.25, 0.3) is 0 Å². The minimum atomic E-state index is -0.228. The van der Waals surface area contributed by atoms with Gasteiger partial charge in [0, 0.05) is 12.3 Å². The lowest BCUT2D eigenvalue weighted by Crippen LogP contribution is -2.12. The van der Waals surface area contributed by atoms with Gasteiger partial charge in [-0.2, -0.15) is 0 Å². The number of hydrogen-bond donors (Lipinski definition) is 1. The number of hydroxylamine groups is 1. The van der Waals surface area contributed by atoms with Crippen molar-refractivity contribution in [1.82, 2.24) is 10.5 Å². The second-order valence-electron chi connectivity index (χ2n) is 5.96. The number of nitrogens with zero attached hydrogens (tertiary/aromatic N) is 1. The second kappa shape index (κ2) is 7.29. The van der Waals surface area contributed by atoms with Crippen LogP contribution in [0.5, 0.6) is 17.2 Å². The number of benzene rings is 2. The highest BCUT2D eigenvalue weighted by Crippen LogP contribution is 2.28. The molecule has 3 aromatic rings. The zero-order chi connectivity index (χ0) is 17.8. The predicted molar refractivity (Wildman–Crippen MR) is 97.6 cm³/mol. The average molecular weight is 346 g/mol. The molecular formula is C21H18N2O3. The van der Waals surface area contributed by atoms with E-state index in [0.717, 1.165) is 22.6 Å². The Balaban J connectivity index is 1.42. The molecule has 0 radical (unpaired) electrons. The van der Waals surface area contributed by atoms with Crippen molar-refractivity contribution in [1.29, 1.82) is 0 Å². The number of hydrogen-bond acceptors (Lipinski definition) is 5. The summed E-state index contributed by atoms with van der Waals surface area (Å²) in [5.41, 5.74) is 4.84. The van der Waals surface area contributed by atoms with Gasteiger partial charge in [-0.15, -0.1) is 0 Å². The summed E-state index contributed by atoms with van der Waals surface area (Å²) in [4.78, 5) is 9.70. The number of rotatable bonds is 5. The monoisotopic (exact) mass is 346 g/mol. The van der Waals surface area contributed by atoms with Gasteiger partial charge < -0.3 is 9.47 Å². The largest absolute Gasteiger partial charge is 0.457 e. The third-order valence-electron chi connectivity index (χ3n) is 3.85. The fourth-order valence-electron chi connectivity index (χ4n) is 2.61. The highest BCUT2D eigenvalue weighted by atomic mass is 16.7. The molecule has 1 atom stereocenters. The number of para-hydroxylation sites is 1. The Kier molecular flexibility index (Phi) is 4.53. The van der Waals surface area contributed by atoms with E-state index in [1.54, 1.807) is 12.4 Å². The normalized spacial score (nSPS) is 15.9. The minimum absolute atomic E-state index is 0.228. The first kappa shape index (κ1) is 16.2. The molecule has 4 rings (SSSR count). The lowest BCUT2D eigenvalue weighted by atomic mass is 10.1. The van der Waals surface area contributed by atoms with Gasteiger partial charge in [0.05, 0.1) is 6.20 Å².